The highest BCUT2D eigenvalue weighted by Crippen LogP contribution is 2.15. The van der Waals surface area contributed by atoms with Gasteiger partial charge in [-0.05, 0) is 89.9 Å². The number of unbranched alkanes of at least 4 members (excludes halogenated alkanes) is 24. The fourth-order valence-electron chi connectivity index (χ4n) is 7.47. The zero-order chi connectivity index (χ0) is 45.6. The van der Waals surface area contributed by atoms with Gasteiger partial charge in [0.25, 0.3) is 0 Å². The molecule has 0 aliphatic carbocycles. The molecule has 0 heterocycles. The number of hydrogen-bond acceptors (Lipinski definition) is 3. The first-order valence-corrected chi connectivity index (χ1v) is 26.6. The van der Waals surface area contributed by atoms with Crippen molar-refractivity contribution >= 4 is 5.91 Å². The average molecular weight is 872 g/mol. The Hall–Kier alpha value is -2.95. The highest BCUT2D eigenvalue weighted by Gasteiger charge is 2.17. The first-order valence-electron chi connectivity index (χ1n) is 26.6. The molecule has 0 saturated heterocycles. The van der Waals surface area contributed by atoms with Gasteiger partial charge in [0.2, 0.25) is 5.91 Å². The fourth-order valence-corrected chi connectivity index (χ4v) is 7.47. The van der Waals surface area contributed by atoms with Gasteiger partial charge >= 0.3 is 0 Å². The largest absolute Gasteiger partial charge is 0.394 e. The van der Waals surface area contributed by atoms with Crippen molar-refractivity contribution < 1.29 is 15.0 Å². The van der Waals surface area contributed by atoms with Crippen molar-refractivity contribution in [1.29, 1.82) is 0 Å². The molecule has 1 amide bonds. The Morgan fingerprint density at radius 2 is 0.714 bits per heavy atom. The lowest BCUT2D eigenvalue weighted by molar-refractivity contribution is -0.123. The smallest absolute Gasteiger partial charge is 0.220 e. The number of hydrogen-bond donors (Lipinski definition) is 3. The molecular weight excluding hydrogens is 771 g/mol. The van der Waals surface area contributed by atoms with Crippen molar-refractivity contribution in [2.75, 3.05) is 6.61 Å². The number of carbonyl (C=O) groups excluding carboxylic acids is 1. The Balaban J connectivity index is 3.58. The van der Waals surface area contributed by atoms with Crippen molar-refractivity contribution in [3.8, 4) is 0 Å². The summed E-state index contributed by atoms with van der Waals surface area (Å²) >= 11 is 0. The third kappa shape index (κ3) is 49.9. The summed E-state index contributed by atoms with van der Waals surface area (Å²) in [4.78, 5) is 12.4. The van der Waals surface area contributed by atoms with Gasteiger partial charge < -0.3 is 15.5 Å². The Morgan fingerprint density at radius 1 is 0.397 bits per heavy atom. The summed E-state index contributed by atoms with van der Waals surface area (Å²) in [5, 5.41) is 23.1. The molecule has 4 heteroatoms. The van der Waals surface area contributed by atoms with E-state index in [1.807, 2.05) is 6.08 Å². The molecule has 4 nitrogen and oxygen atoms in total. The van der Waals surface area contributed by atoms with Crippen molar-refractivity contribution in [2.24, 2.45) is 0 Å². The highest BCUT2D eigenvalue weighted by atomic mass is 16.3. The zero-order valence-corrected chi connectivity index (χ0v) is 41.3. The normalized spacial score (nSPS) is 13.8. The summed E-state index contributed by atoms with van der Waals surface area (Å²) in [5.41, 5.74) is 0. The maximum atomic E-state index is 12.4. The van der Waals surface area contributed by atoms with Crippen LogP contribution in [0, 0.1) is 0 Å². The van der Waals surface area contributed by atoms with Crippen LogP contribution in [0.4, 0.5) is 0 Å². The van der Waals surface area contributed by atoms with Gasteiger partial charge in [0.15, 0.2) is 0 Å². The molecule has 3 N–H and O–H groups in total. The van der Waals surface area contributed by atoms with Crippen LogP contribution in [0.25, 0.3) is 0 Å². The average Bonchev–Trinajstić information content (AvgIpc) is 3.29. The maximum absolute atomic E-state index is 12.4. The van der Waals surface area contributed by atoms with Crippen LogP contribution in [0.15, 0.2) is 109 Å². The third-order valence-electron chi connectivity index (χ3n) is 11.5. The minimum absolute atomic E-state index is 0.0790. The lowest BCUT2D eigenvalue weighted by Crippen LogP contribution is -2.45. The van der Waals surface area contributed by atoms with E-state index in [0.717, 1.165) is 77.0 Å². The standard InChI is InChI=1S/C59H101NO3/c1-3-5-7-9-11-13-15-17-19-21-22-23-24-25-26-27-28-29-30-31-32-33-34-35-36-37-38-39-41-43-45-47-49-51-53-55-59(63)60-57(56-61)58(62)54-52-50-48-46-44-42-40-20-18-16-14-12-10-8-6-4-2/h5,7,11,13,17,19,22-23,25-26,28-29,31-32,44,46,52,54,57-58,61-62H,3-4,6,8-10,12,14-16,18,20-21,24,27,30,33-43,45,47-51,53,55-56H2,1-2H3,(H,60,63)/b7-5-,13-11-,19-17-,23-22-,26-25-,29-28-,32-31-,46-44+,54-52+. The van der Waals surface area contributed by atoms with Crippen LogP contribution >= 0.6 is 0 Å². The highest BCUT2D eigenvalue weighted by molar-refractivity contribution is 5.76. The van der Waals surface area contributed by atoms with Gasteiger partial charge in [0.1, 0.15) is 0 Å². The molecule has 0 aromatic rings. The van der Waals surface area contributed by atoms with E-state index in [-0.39, 0.29) is 12.5 Å². The van der Waals surface area contributed by atoms with Crippen LogP contribution in [0.1, 0.15) is 239 Å². The molecular formula is C59H101NO3. The van der Waals surface area contributed by atoms with E-state index in [9.17, 15) is 15.0 Å². The summed E-state index contributed by atoms with van der Waals surface area (Å²) in [6.45, 7) is 4.18. The second kappa shape index (κ2) is 53.4. The van der Waals surface area contributed by atoms with Gasteiger partial charge in [-0.3, -0.25) is 4.79 Å². The Bertz CT molecular complexity index is 1220. The van der Waals surface area contributed by atoms with Gasteiger partial charge in [0.05, 0.1) is 18.8 Å². The Morgan fingerprint density at radius 3 is 1.11 bits per heavy atom. The summed E-state index contributed by atoms with van der Waals surface area (Å²) in [5.74, 6) is -0.0790. The summed E-state index contributed by atoms with van der Waals surface area (Å²) < 4.78 is 0. The van der Waals surface area contributed by atoms with Gasteiger partial charge in [-0.25, -0.2) is 0 Å². The van der Waals surface area contributed by atoms with E-state index in [0.29, 0.717) is 6.42 Å². The number of aliphatic hydroxyl groups is 2. The van der Waals surface area contributed by atoms with Crippen LogP contribution in [0.5, 0.6) is 0 Å². The van der Waals surface area contributed by atoms with Crippen LogP contribution in [0.3, 0.4) is 0 Å². The number of aliphatic hydroxyl groups excluding tert-OH is 2. The molecule has 0 aliphatic rings. The van der Waals surface area contributed by atoms with Crippen molar-refractivity contribution in [3.05, 3.63) is 109 Å². The molecule has 0 spiro atoms. The molecule has 0 saturated carbocycles. The van der Waals surface area contributed by atoms with Gasteiger partial charge in [-0.2, -0.15) is 0 Å². The molecule has 0 fully saturated rings. The van der Waals surface area contributed by atoms with Crippen LogP contribution in [-0.4, -0.2) is 34.9 Å². The molecule has 0 aliphatic heterocycles. The monoisotopic (exact) mass is 872 g/mol. The minimum atomic E-state index is -0.868. The quantitative estimate of drug-likeness (QED) is 0.0421. The zero-order valence-electron chi connectivity index (χ0n) is 41.3. The predicted octanol–water partition coefficient (Wildman–Crippen LogP) is 17.5. The van der Waals surface area contributed by atoms with Crippen molar-refractivity contribution in [1.82, 2.24) is 5.32 Å². The number of rotatable bonds is 47. The number of amides is 1. The topological polar surface area (TPSA) is 69.6 Å². The molecule has 2 atom stereocenters. The second-order valence-electron chi connectivity index (χ2n) is 17.6. The minimum Gasteiger partial charge on any atom is -0.394 e. The lowest BCUT2D eigenvalue weighted by Gasteiger charge is -2.19. The molecule has 360 valence electrons. The SMILES string of the molecule is CC/C=C\C/C=C\C/C=C\C/C=C\C/C=C\C/C=C\C/C=C\CCCCCCCCCCCCCCCC(=O)NC(CO)C(O)/C=C/CC/C=C/CCCCCCCCCCCC. The maximum Gasteiger partial charge on any atom is 0.220 e. The van der Waals surface area contributed by atoms with Gasteiger partial charge in [-0.1, -0.05) is 252 Å². The third-order valence-corrected chi connectivity index (χ3v) is 11.5. The summed E-state index contributed by atoms with van der Waals surface area (Å²) in [6.07, 6.45) is 80.9. The first kappa shape index (κ1) is 60.1. The van der Waals surface area contributed by atoms with Crippen LogP contribution in [0.2, 0.25) is 0 Å². The predicted molar refractivity (Wildman–Crippen MR) is 280 cm³/mol. The Labute approximate surface area is 391 Å². The van der Waals surface area contributed by atoms with E-state index in [4.69, 9.17) is 0 Å². The van der Waals surface area contributed by atoms with Gasteiger partial charge in [-0.15, -0.1) is 0 Å². The van der Waals surface area contributed by atoms with E-state index in [1.54, 1.807) is 6.08 Å². The van der Waals surface area contributed by atoms with Crippen molar-refractivity contribution in [3.63, 3.8) is 0 Å². The summed E-state index contributed by atoms with van der Waals surface area (Å²) in [6, 6.07) is -0.645. The second-order valence-corrected chi connectivity index (χ2v) is 17.6. The van der Waals surface area contributed by atoms with E-state index in [2.05, 4.69) is 116 Å². The Kier molecular flexibility index (Phi) is 50.9. The summed E-state index contributed by atoms with van der Waals surface area (Å²) in [7, 11) is 0. The molecule has 0 rings (SSSR count). The molecule has 2 unspecified atom stereocenters. The van der Waals surface area contributed by atoms with Crippen molar-refractivity contribution in [2.45, 2.75) is 251 Å². The molecule has 63 heavy (non-hydrogen) atoms. The van der Waals surface area contributed by atoms with Crippen LogP contribution < -0.4 is 5.32 Å². The van der Waals surface area contributed by atoms with Gasteiger partial charge in [0, 0.05) is 6.42 Å². The van der Waals surface area contributed by atoms with Crippen LogP contribution in [-0.2, 0) is 4.79 Å². The fraction of sp³-hybridized carbons (Fsp3) is 0.678. The number of carbonyl (C=O) groups is 1. The molecule has 0 aromatic carbocycles. The first-order chi connectivity index (χ1) is 31.2. The molecule has 0 aromatic heterocycles. The lowest BCUT2D eigenvalue weighted by atomic mass is 10.0. The number of nitrogens with one attached hydrogen (secondary N) is 1. The molecule has 0 radical (unpaired) electrons. The molecule has 0 bridgehead atoms. The number of allylic oxidation sites excluding steroid dienone is 17. The van der Waals surface area contributed by atoms with E-state index >= 15 is 0 Å². The van der Waals surface area contributed by atoms with E-state index in [1.165, 1.54) is 141 Å². The van der Waals surface area contributed by atoms with E-state index < -0.39 is 12.1 Å².